The number of nitrogens with zero attached hydrogens (tertiary/aromatic N) is 4. The predicted molar refractivity (Wildman–Crippen MR) is 67.4 cm³/mol. The lowest BCUT2D eigenvalue weighted by atomic mass is 10.2. The number of halogens is 3. The quantitative estimate of drug-likeness (QED) is 0.743. The number of thiophene rings is 1. The fourth-order valence-electron chi connectivity index (χ4n) is 1.62. The first-order valence-corrected chi connectivity index (χ1v) is 6.41. The largest absolute Gasteiger partial charge is 0.272 e. The van der Waals surface area contributed by atoms with Gasteiger partial charge in [0.1, 0.15) is 0 Å². The summed E-state index contributed by atoms with van der Waals surface area (Å²) < 4.78 is 39.2. The van der Waals surface area contributed by atoms with Crippen molar-refractivity contribution in [2.24, 2.45) is 0 Å². The zero-order chi connectivity index (χ0) is 14.1. The van der Waals surface area contributed by atoms with Gasteiger partial charge in [0.05, 0.1) is 23.5 Å². The number of aromatic nitrogens is 4. The SMILES string of the molecule is Fc1cnc(-n2cc(-c3csc(C(F)F)c3)cn2)nc1. The van der Waals surface area contributed by atoms with E-state index in [2.05, 4.69) is 15.1 Å². The summed E-state index contributed by atoms with van der Waals surface area (Å²) in [6.07, 6.45) is 2.70. The van der Waals surface area contributed by atoms with E-state index in [1.807, 2.05) is 0 Å². The standard InChI is InChI=1S/C12H7F3N4S/c13-9-3-16-12(17-4-9)19-5-8(2-18-19)7-1-10(11(14)15)20-6-7/h1-6,11H. The summed E-state index contributed by atoms with van der Waals surface area (Å²) in [7, 11) is 0. The van der Waals surface area contributed by atoms with E-state index >= 15 is 0 Å². The van der Waals surface area contributed by atoms with Crippen LogP contribution in [0.25, 0.3) is 17.1 Å². The molecule has 0 fully saturated rings. The number of hydrogen-bond acceptors (Lipinski definition) is 4. The summed E-state index contributed by atoms with van der Waals surface area (Å²) in [5.74, 6) is -0.331. The Labute approximate surface area is 115 Å². The smallest absolute Gasteiger partial charge is 0.217 e. The van der Waals surface area contributed by atoms with E-state index in [9.17, 15) is 13.2 Å². The van der Waals surface area contributed by atoms with Crippen LogP contribution in [0.5, 0.6) is 0 Å². The summed E-state index contributed by atoms with van der Waals surface area (Å²) in [5, 5.41) is 5.67. The Hall–Kier alpha value is -2.22. The maximum absolute atomic E-state index is 12.7. The average Bonchev–Trinajstić information content (AvgIpc) is 3.08. The van der Waals surface area contributed by atoms with E-state index in [1.165, 1.54) is 16.9 Å². The molecule has 3 heterocycles. The number of hydrogen-bond donors (Lipinski definition) is 0. The highest BCUT2D eigenvalue weighted by atomic mass is 32.1. The molecule has 3 rings (SSSR count). The minimum atomic E-state index is -2.48. The third kappa shape index (κ3) is 2.42. The van der Waals surface area contributed by atoms with Gasteiger partial charge in [-0.2, -0.15) is 5.10 Å². The van der Waals surface area contributed by atoms with Gasteiger partial charge in [0.15, 0.2) is 5.82 Å². The first-order valence-electron chi connectivity index (χ1n) is 5.53. The third-order valence-electron chi connectivity index (χ3n) is 2.56. The molecule has 0 radical (unpaired) electrons. The lowest BCUT2D eigenvalue weighted by Gasteiger charge is -1.97. The van der Waals surface area contributed by atoms with Gasteiger partial charge in [-0.3, -0.25) is 0 Å². The zero-order valence-electron chi connectivity index (χ0n) is 9.87. The number of alkyl halides is 2. The molecule has 8 heteroatoms. The van der Waals surface area contributed by atoms with Gasteiger partial charge >= 0.3 is 0 Å². The molecule has 0 N–H and O–H groups in total. The first kappa shape index (κ1) is 12.8. The van der Waals surface area contributed by atoms with Crippen LogP contribution >= 0.6 is 11.3 Å². The van der Waals surface area contributed by atoms with E-state index in [-0.39, 0.29) is 10.8 Å². The molecule has 3 aromatic rings. The third-order valence-corrected chi connectivity index (χ3v) is 3.50. The molecule has 0 aliphatic heterocycles. The molecule has 0 spiro atoms. The van der Waals surface area contributed by atoms with E-state index in [4.69, 9.17) is 0 Å². The monoisotopic (exact) mass is 296 g/mol. The van der Waals surface area contributed by atoms with Gasteiger partial charge in [0, 0.05) is 11.8 Å². The van der Waals surface area contributed by atoms with Crippen LogP contribution in [0.4, 0.5) is 13.2 Å². The zero-order valence-corrected chi connectivity index (χ0v) is 10.7. The fourth-order valence-corrected chi connectivity index (χ4v) is 2.39. The van der Waals surface area contributed by atoms with Crippen molar-refractivity contribution in [2.75, 3.05) is 0 Å². The van der Waals surface area contributed by atoms with Crippen LogP contribution in [0.1, 0.15) is 11.3 Å². The molecule has 0 unspecified atom stereocenters. The predicted octanol–water partition coefficient (Wildman–Crippen LogP) is 3.47. The van der Waals surface area contributed by atoms with Gasteiger partial charge < -0.3 is 0 Å². The Kier molecular flexibility index (Phi) is 3.23. The Morgan fingerprint density at radius 3 is 2.50 bits per heavy atom. The fraction of sp³-hybridized carbons (Fsp3) is 0.0833. The maximum Gasteiger partial charge on any atom is 0.272 e. The minimum Gasteiger partial charge on any atom is -0.217 e. The van der Waals surface area contributed by atoms with E-state index in [0.717, 1.165) is 23.7 Å². The minimum absolute atomic E-state index is 0.00535. The highest BCUT2D eigenvalue weighted by Gasteiger charge is 2.12. The molecule has 0 aromatic carbocycles. The van der Waals surface area contributed by atoms with Gasteiger partial charge in [-0.05, 0) is 17.0 Å². The van der Waals surface area contributed by atoms with Crippen LogP contribution in [0.3, 0.4) is 0 Å². The van der Waals surface area contributed by atoms with Crippen LogP contribution in [0, 0.1) is 5.82 Å². The first-order chi connectivity index (χ1) is 9.63. The molecule has 0 saturated heterocycles. The summed E-state index contributed by atoms with van der Waals surface area (Å²) in [4.78, 5) is 7.58. The molecule has 102 valence electrons. The van der Waals surface area contributed by atoms with Crippen molar-refractivity contribution in [1.82, 2.24) is 19.7 Å². The molecule has 0 atom stereocenters. The number of rotatable bonds is 3. The topological polar surface area (TPSA) is 43.6 Å². The van der Waals surface area contributed by atoms with E-state index in [0.29, 0.717) is 11.1 Å². The molecule has 0 saturated carbocycles. The summed E-state index contributed by atoms with van der Waals surface area (Å²) in [6.45, 7) is 0. The van der Waals surface area contributed by atoms with Crippen LogP contribution in [0.2, 0.25) is 0 Å². The second-order valence-electron chi connectivity index (χ2n) is 3.91. The molecular weight excluding hydrogens is 289 g/mol. The van der Waals surface area contributed by atoms with Gasteiger partial charge in [-0.25, -0.2) is 27.8 Å². The molecule has 0 aliphatic carbocycles. The van der Waals surface area contributed by atoms with Crippen LogP contribution in [0.15, 0.2) is 36.2 Å². The Morgan fingerprint density at radius 2 is 1.85 bits per heavy atom. The van der Waals surface area contributed by atoms with Crippen molar-refractivity contribution < 1.29 is 13.2 Å². The van der Waals surface area contributed by atoms with Gasteiger partial charge in [0.2, 0.25) is 0 Å². The molecular formula is C12H7F3N4S. The lowest BCUT2D eigenvalue weighted by molar-refractivity contribution is 0.155. The molecule has 0 amide bonds. The van der Waals surface area contributed by atoms with Crippen LogP contribution in [-0.4, -0.2) is 19.7 Å². The summed E-state index contributed by atoms with van der Waals surface area (Å²) >= 11 is 0.992. The van der Waals surface area contributed by atoms with Crippen molar-refractivity contribution in [2.45, 2.75) is 6.43 Å². The highest BCUT2D eigenvalue weighted by molar-refractivity contribution is 7.10. The maximum atomic E-state index is 12.7. The molecule has 0 aliphatic rings. The lowest BCUT2D eigenvalue weighted by Crippen LogP contribution is -2.00. The molecule has 3 aromatic heterocycles. The normalized spacial score (nSPS) is 11.2. The molecule has 0 bridgehead atoms. The van der Waals surface area contributed by atoms with E-state index in [1.54, 1.807) is 11.6 Å². The highest BCUT2D eigenvalue weighted by Crippen LogP contribution is 2.31. The second kappa shape index (κ2) is 5.04. The van der Waals surface area contributed by atoms with Crippen molar-refractivity contribution in [3.8, 4) is 17.1 Å². The molecule has 4 nitrogen and oxygen atoms in total. The van der Waals surface area contributed by atoms with Gasteiger partial charge in [-0.1, -0.05) is 0 Å². The van der Waals surface area contributed by atoms with Crippen molar-refractivity contribution >= 4 is 11.3 Å². The Morgan fingerprint density at radius 1 is 1.10 bits per heavy atom. The van der Waals surface area contributed by atoms with Crippen molar-refractivity contribution in [1.29, 1.82) is 0 Å². The molecule has 20 heavy (non-hydrogen) atoms. The van der Waals surface area contributed by atoms with Crippen molar-refractivity contribution in [3.05, 3.63) is 46.9 Å². The average molecular weight is 296 g/mol. The van der Waals surface area contributed by atoms with Gasteiger partial charge in [-0.15, -0.1) is 11.3 Å². The van der Waals surface area contributed by atoms with Crippen molar-refractivity contribution in [3.63, 3.8) is 0 Å². The second-order valence-corrected chi connectivity index (χ2v) is 4.86. The Balaban J connectivity index is 1.91. The van der Waals surface area contributed by atoms with Gasteiger partial charge in [0.25, 0.3) is 12.4 Å². The summed E-state index contributed by atoms with van der Waals surface area (Å²) in [5.41, 5.74) is 1.32. The van der Waals surface area contributed by atoms with Crippen LogP contribution in [-0.2, 0) is 0 Å². The summed E-state index contributed by atoms with van der Waals surface area (Å²) in [6, 6.07) is 1.42. The van der Waals surface area contributed by atoms with E-state index < -0.39 is 12.2 Å². The van der Waals surface area contributed by atoms with Crippen LogP contribution < -0.4 is 0 Å². The Bertz CT molecular complexity index is 720.